The van der Waals surface area contributed by atoms with Crippen molar-refractivity contribution in [3.05, 3.63) is 56.1 Å². The number of sulfonamides is 1. The molecule has 2 aromatic rings. The highest BCUT2D eigenvalue weighted by molar-refractivity contribution is 7.90. The summed E-state index contributed by atoms with van der Waals surface area (Å²) in [5.41, 5.74) is -1.03. The largest absolute Gasteiger partial charge is 0.340 e. The second-order valence-corrected chi connectivity index (χ2v) is 6.65. The molecule has 0 aliphatic rings. The van der Waals surface area contributed by atoms with Crippen molar-refractivity contribution in [2.24, 2.45) is 0 Å². The minimum absolute atomic E-state index is 0.00407. The van der Waals surface area contributed by atoms with Gasteiger partial charge in [-0.2, -0.15) is 0 Å². The first-order valence-corrected chi connectivity index (χ1v) is 7.90. The van der Waals surface area contributed by atoms with Gasteiger partial charge in [-0.25, -0.2) is 17.5 Å². The highest BCUT2D eigenvalue weighted by Crippen LogP contribution is 2.23. The number of hydrogen-bond donors (Lipinski definition) is 2. The summed E-state index contributed by atoms with van der Waals surface area (Å²) in [6, 6.07) is 2.79. The van der Waals surface area contributed by atoms with Gasteiger partial charge in [0.25, 0.3) is 21.6 Å². The SMILES string of the molecule is O=C(NS(=O)(=O)c1cc(F)cc([N+](=O)[O-])c1)c1cc(Cl)c(Cl)[nH]1. The Hall–Kier alpha value is -2.17. The molecule has 0 fully saturated rings. The Morgan fingerprint density at radius 1 is 1.26 bits per heavy atom. The number of benzene rings is 1. The van der Waals surface area contributed by atoms with Crippen molar-refractivity contribution in [1.29, 1.82) is 0 Å². The van der Waals surface area contributed by atoms with E-state index in [-0.39, 0.29) is 15.9 Å². The van der Waals surface area contributed by atoms with Gasteiger partial charge in [-0.3, -0.25) is 14.9 Å². The molecule has 1 aromatic carbocycles. The summed E-state index contributed by atoms with van der Waals surface area (Å²) in [5, 5.41) is 10.6. The molecule has 0 unspecified atom stereocenters. The number of nitrogens with zero attached hydrogens (tertiary/aromatic N) is 1. The molecule has 0 bridgehead atoms. The quantitative estimate of drug-likeness (QED) is 0.621. The minimum Gasteiger partial charge on any atom is -0.340 e. The predicted molar refractivity (Wildman–Crippen MR) is 78.5 cm³/mol. The molecule has 23 heavy (non-hydrogen) atoms. The number of H-pyrrole nitrogens is 1. The fourth-order valence-electron chi connectivity index (χ4n) is 1.57. The lowest BCUT2D eigenvalue weighted by molar-refractivity contribution is -0.385. The first kappa shape index (κ1) is 17.2. The smallest absolute Gasteiger partial charge is 0.281 e. The van der Waals surface area contributed by atoms with E-state index in [1.165, 1.54) is 0 Å². The van der Waals surface area contributed by atoms with Crippen LogP contribution in [0.1, 0.15) is 10.5 Å². The van der Waals surface area contributed by atoms with Crippen LogP contribution in [0.15, 0.2) is 29.2 Å². The molecule has 122 valence electrons. The van der Waals surface area contributed by atoms with Gasteiger partial charge in [-0.1, -0.05) is 23.2 Å². The molecule has 2 N–H and O–H groups in total. The van der Waals surface area contributed by atoms with Gasteiger partial charge in [-0.05, 0) is 12.1 Å². The van der Waals surface area contributed by atoms with E-state index in [4.69, 9.17) is 23.2 Å². The number of nitrogens with one attached hydrogen (secondary N) is 2. The van der Waals surface area contributed by atoms with Gasteiger partial charge in [0.05, 0.1) is 20.9 Å². The maximum absolute atomic E-state index is 13.3. The lowest BCUT2D eigenvalue weighted by Gasteiger charge is -2.06. The Kier molecular flexibility index (Phi) is 4.59. The van der Waals surface area contributed by atoms with Gasteiger partial charge in [0.2, 0.25) is 0 Å². The van der Waals surface area contributed by atoms with Crippen molar-refractivity contribution < 1.29 is 22.5 Å². The van der Waals surface area contributed by atoms with Crippen LogP contribution < -0.4 is 4.72 Å². The number of nitro benzene ring substituents is 1. The van der Waals surface area contributed by atoms with E-state index < -0.39 is 37.3 Å². The predicted octanol–water partition coefficient (Wildman–Crippen LogP) is 2.49. The highest BCUT2D eigenvalue weighted by atomic mass is 35.5. The maximum atomic E-state index is 13.3. The molecule has 1 heterocycles. The van der Waals surface area contributed by atoms with Gasteiger partial charge in [0, 0.05) is 6.07 Å². The molecular weight excluding hydrogens is 376 g/mol. The lowest BCUT2D eigenvalue weighted by Crippen LogP contribution is -2.31. The third kappa shape index (κ3) is 3.78. The zero-order valence-corrected chi connectivity index (χ0v) is 13.2. The second kappa shape index (κ2) is 6.14. The number of carbonyl (C=O) groups is 1. The van der Waals surface area contributed by atoms with Gasteiger partial charge in [0.15, 0.2) is 0 Å². The standard InChI is InChI=1S/C11H6Cl2FN3O5S/c12-8-4-9(15-10(8)13)11(18)16-23(21,22)7-2-5(14)1-6(3-7)17(19)20/h1-4,15H,(H,16,18). The summed E-state index contributed by atoms with van der Waals surface area (Å²) in [6.07, 6.45) is 0. The number of hydrogen-bond acceptors (Lipinski definition) is 5. The average Bonchev–Trinajstić information content (AvgIpc) is 2.77. The molecule has 0 spiro atoms. The summed E-state index contributed by atoms with van der Waals surface area (Å²) in [6.45, 7) is 0. The number of nitro groups is 1. The van der Waals surface area contributed by atoms with Gasteiger partial charge in [0.1, 0.15) is 16.7 Å². The molecule has 0 radical (unpaired) electrons. The van der Waals surface area contributed by atoms with E-state index in [1.807, 2.05) is 0 Å². The van der Waals surface area contributed by atoms with Gasteiger partial charge >= 0.3 is 0 Å². The summed E-state index contributed by atoms with van der Waals surface area (Å²) in [5.74, 6) is -2.26. The fourth-order valence-corrected chi connectivity index (χ4v) is 2.90. The number of rotatable bonds is 4. The normalized spacial score (nSPS) is 11.3. The maximum Gasteiger partial charge on any atom is 0.281 e. The van der Waals surface area contributed by atoms with Crippen LogP contribution >= 0.6 is 23.2 Å². The zero-order chi connectivity index (χ0) is 17.4. The Labute approximate surface area is 138 Å². The fraction of sp³-hybridized carbons (Fsp3) is 0. The number of aromatic nitrogens is 1. The molecule has 1 aromatic heterocycles. The van der Waals surface area contributed by atoms with Crippen LogP contribution in [0.3, 0.4) is 0 Å². The third-order valence-electron chi connectivity index (χ3n) is 2.57. The Balaban J connectivity index is 2.35. The zero-order valence-electron chi connectivity index (χ0n) is 10.8. The molecule has 0 aliphatic carbocycles. The van der Waals surface area contributed by atoms with Crippen LogP contribution in [0.2, 0.25) is 10.2 Å². The van der Waals surface area contributed by atoms with Crippen molar-refractivity contribution in [2.75, 3.05) is 0 Å². The van der Waals surface area contributed by atoms with E-state index in [1.54, 1.807) is 4.72 Å². The summed E-state index contributed by atoms with van der Waals surface area (Å²) < 4.78 is 39.0. The summed E-state index contributed by atoms with van der Waals surface area (Å²) in [7, 11) is -4.54. The summed E-state index contributed by atoms with van der Waals surface area (Å²) in [4.78, 5) is 23.1. The van der Waals surface area contributed by atoms with Crippen LogP contribution in [0, 0.1) is 15.9 Å². The highest BCUT2D eigenvalue weighted by Gasteiger charge is 2.24. The average molecular weight is 382 g/mol. The molecule has 0 saturated carbocycles. The summed E-state index contributed by atoms with van der Waals surface area (Å²) >= 11 is 11.2. The van der Waals surface area contributed by atoms with Gasteiger partial charge in [-0.15, -0.1) is 0 Å². The number of halogens is 3. The van der Waals surface area contributed by atoms with E-state index in [0.717, 1.165) is 6.07 Å². The first-order valence-electron chi connectivity index (χ1n) is 5.66. The number of carbonyl (C=O) groups excluding carboxylic acids is 1. The molecule has 2 rings (SSSR count). The van der Waals surface area contributed by atoms with Crippen molar-refractivity contribution >= 4 is 44.8 Å². The Bertz CT molecular complexity index is 893. The van der Waals surface area contributed by atoms with Crippen LogP contribution in [0.5, 0.6) is 0 Å². The molecular formula is C11H6Cl2FN3O5S. The van der Waals surface area contributed by atoms with E-state index >= 15 is 0 Å². The molecule has 8 nitrogen and oxygen atoms in total. The van der Waals surface area contributed by atoms with Crippen LogP contribution in [-0.4, -0.2) is 24.2 Å². The van der Waals surface area contributed by atoms with Crippen molar-refractivity contribution in [2.45, 2.75) is 4.90 Å². The van der Waals surface area contributed by atoms with Crippen LogP contribution in [0.4, 0.5) is 10.1 Å². The van der Waals surface area contributed by atoms with Crippen molar-refractivity contribution in [1.82, 2.24) is 9.71 Å². The second-order valence-electron chi connectivity index (χ2n) is 4.18. The Morgan fingerprint density at radius 2 is 1.91 bits per heavy atom. The topological polar surface area (TPSA) is 122 Å². The first-order chi connectivity index (χ1) is 10.6. The van der Waals surface area contributed by atoms with E-state index in [9.17, 15) is 27.7 Å². The molecule has 1 amide bonds. The number of aromatic amines is 1. The third-order valence-corrected chi connectivity index (χ3v) is 4.58. The van der Waals surface area contributed by atoms with Crippen LogP contribution in [-0.2, 0) is 10.0 Å². The van der Waals surface area contributed by atoms with E-state index in [0.29, 0.717) is 18.2 Å². The molecule has 0 aliphatic heterocycles. The lowest BCUT2D eigenvalue weighted by atomic mass is 10.3. The number of amides is 1. The Morgan fingerprint density at radius 3 is 2.43 bits per heavy atom. The van der Waals surface area contributed by atoms with Crippen LogP contribution in [0.25, 0.3) is 0 Å². The van der Waals surface area contributed by atoms with E-state index in [2.05, 4.69) is 4.98 Å². The number of non-ortho nitro benzene ring substituents is 1. The molecule has 0 saturated heterocycles. The molecule has 12 heteroatoms. The van der Waals surface area contributed by atoms with Crippen molar-refractivity contribution in [3.63, 3.8) is 0 Å². The minimum atomic E-state index is -4.54. The van der Waals surface area contributed by atoms with Gasteiger partial charge < -0.3 is 4.98 Å². The monoisotopic (exact) mass is 381 g/mol. The molecule has 0 atom stereocenters. The van der Waals surface area contributed by atoms with Crippen molar-refractivity contribution in [3.8, 4) is 0 Å².